The largest absolute Gasteiger partial charge is 0.388 e. The Hall–Kier alpha value is -4.82. The topological polar surface area (TPSA) is 136 Å². The van der Waals surface area contributed by atoms with E-state index in [2.05, 4.69) is 33.3 Å². The van der Waals surface area contributed by atoms with Crippen LogP contribution < -0.4 is 10.6 Å². The van der Waals surface area contributed by atoms with Crippen molar-refractivity contribution in [3.63, 3.8) is 0 Å². The Morgan fingerprint density at radius 3 is 1.33 bits per heavy atom. The molecule has 4 N–H and O–H groups in total. The Morgan fingerprint density at radius 2 is 0.963 bits per heavy atom. The maximum atomic E-state index is 11.1. The number of aliphatic hydroxyl groups is 2. The molecule has 0 bridgehead atoms. The number of nitrogens with zero attached hydrogens (tertiary/aromatic N) is 4. The number of rotatable bonds is 10. The average Bonchev–Trinajstić information content (AvgIpc) is 3.66. The van der Waals surface area contributed by atoms with E-state index in [-0.39, 0.29) is 12.1 Å². The van der Waals surface area contributed by atoms with Crippen LogP contribution in [0.25, 0.3) is 11.3 Å². The van der Waals surface area contributed by atoms with Gasteiger partial charge in [-0.15, -0.1) is 0 Å². The summed E-state index contributed by atoms with van der Waals surface area (Å²) < 4.78 is 26.5. The van der Waals surface area contributed by atoms with E-state index in [9.17, 15) is 10.2 Å². The van der Waals surface area contributed by atoms with E-state index < -0.39 is 24.4 Å². The first-order valence-electron chi connectivity index (χ1n) is 18.4. The van der Waals surface area contributed by atoms with Crippen LogP contribution in [0.3, 0.4) is 0 Å². The molecule has 12 nitrogen and oxygen atoms in total. The van der Waals surface area contributed by atoms with Gasteiger partial charge in [-0.05, 0) is 51.0 Å². The van der Waals surface area contributed by atoms with Gasteiger partial charge in [0.25, 0.3) is 0 Å². The van der Waals surface area contributed by atoms with E-state index in [1.54, 1.807) is 14.2 Å². The van der Waals surface area contributed by atoms with Crippen molar-refractivity contribution in [2.45, 2.75) is 64.2 Å². The molecule has 6 aromatic rings. The van der Waals surface area contributed by atoms with E-state index >= 15 is 0 Å². The summed E-state index contributed by atoms with van der Waals surface area (Å²) in [6.07, 6.45) is 1.63. The number of aliphatic hydroxyl groups excluding tert-OH is 2. The molecule has 2 aromatic carbocycles. The van der Waals surface area contributed by atoms with Gasteiger partial charge in [-0.3, -0.25) is 0 Å². The molecule has 2 aliphatic heterocycles. The van der Waals surface area contributed by atoms with Crippen LogP contribution in [0.5, 0.6) is 0 Å². The van der Waals surface area contributed by atoms with Crippen LogP contribution >= 0.6 is 0 Å². The zero-order valence-electron chi connectivity index (χ0n) is 31.7. The highest BCUT2D eigenvalue weighted by atomic mass is 16.5. The van der Waals surface area contributed by atoms with Crippen molar-refractivity contribution in [1.29, 1.82) is 0 Å². The lowest BCUT2D eigenvalue weighted by Gasteiger charge is -2.38. The van der Waals surface area contributed by atoms with Gasteiger partial charge in [0.05, 0.1) is 61.3 Å². The monoisotopic (exact) mass is 734 g/mol. The highest BCUT2D eigenvalue weighted by molar-refractivity contribution is 5.76. The zero-order chi connectivity index (χ0) is 37.9. The van der Waals surface area contributed by atoms with Crippen molar-refractivity contribution >= 4 is 22.7 Å². The third-order valence-electron chi connectivity index (χ3n) is 10.6. The maximum absolute atomic E-state index is 11.1. The molecule has 0 amide bonds. The zero-order valence-corrected chi connectivity index (χ0v) is 31.7. The Kier molecular flexibility index (Phi) is 11.3. The van der Waals surface area contributed by atoms with Crippen molar-refractivity contribution in [2.24, 2.45) is 0 Å². The molecule has 2 aliphatic rings. The minimum Gasteiger partial charge on any atom is -0.388 e. The molecule has 0 saturated carbocycles. The molecular formula is C42H50N6O6. The number of ether oxygens (including phenoxy) is 4. The van der Waals surface area contributed by atoms with Crippen LogP contribution in [0.15, 0.2) is 85.2 Å². The molecule has 12 heteroatoms. The van der Waals surface area contributed by atoms with E-state index in [1.807, 2.05) is 99.0 Å². The molecule has 4 aromatic heterocycles. The van der Waals surface area contributed by atoms with Gasteiger partial charge in [-0.2, -0.15) is 0 Å². The fourth-order valence-corrected chi connectivity index (χ4v) is 7.45. The Balaban J connectivity index is 0.000000167. The fraction of sp³-hybridized carbons (Fsp3) is 0.381. The minimum absolute atomic E-state index is 0.283. The van der Waals surface area contributed by atoms with Gasteiger partial charge in [-0.25, -0.2) is 9.97 Å². The highest BCUT2D eigenvalue weighted by Crippen LogP contribution is 2.44. The molecule has 0 saturated heterocycles. The first-order chi connectivity index (χ1) is 26.2. The summed E-state index contributed by atoms with van der Waals surface area (Å²) in [6.45, 7) is 9.91. The summed E-state index contributed by atoms with van der Waals surface area (Å²) in [5.41, 5.74) is 11.6. The average molecular weight is 735 g/mol. The van der Waals surface area contributed by atoms with Gasteiger partial charge in [0.2, 0.25) is 0 Å². The molecule has 6 atom stereocenters. The van der Waals surface area contributed by atoms with Crippen LogP contribution in [0.4, 0.5) is 11.4 Å². The molecule has 8 rings (SSSR count). The fourth-order valence-electron chi connectivity index (χ4n) is 7.45. The minimum atomic E-state index is -0.726. The summed E-state index contributed by atoms with van der Waals surface area (Å²) in [5, 5.41) is 29.3. The van der Waals surface area contributed by atoms with Crippen molar-refractivity contribution in [2.75, 3.05) is 51.3 Å². The third kappa shape index (κ3) is 7.08. The van der Waals surface area contributed by atoms with Crippen LogP contribution in [-0.4, -0.2) is 81.8 Å². The smallest absolute Gasteiger partial charge is 0.161 e. The summed E-state index contributed by atoms with van der Waals surface area (Å²) in [6, 6.07) is 23.4. The van der Waals surface area contributed by atoms with Gasteiger partial charge >= 0.3 is 0 Å². The van der Waals surface area contributed by atoms with E-state index in [1.165, 1.54) is 0 Å². The number of nitrogens with one attached hydrogen (secondary N) is 2. The number of fused-ring (bicyclic) bond motifs is 6. The van der Waals surface area contributed by atoms with Gasteiger partial charge in [-0.1, -0.05) is 60.7 Å². The van der Waals surface area contributed by atoms with Gasteiger partial charge in [0, 0.05) is 49.1 Å². The Morgan fingerprint density at radius 1 is 0.574 bits per heavy atom. The molecule has 0 fully saturated rings. The predicted octanol–water partition coefficient (Wildman–Crippen LogP) is 6.37. The molecule has 0 unspecified atom stereocenters. The quantitative estimate of drug-likeness (QED) is 0.118. The van der Waals surface area contributed by atoms with Gasteiger partial charge in [0.15, 0.2) is 11.3 Å². The number of hydrogen-bond donors (Lipinski definition) is 4. The molecule has 0 radical (unpaired) electrons. The van der Waals surface area contributed by atoms with Crippen molar-refractivity contribution in [3.8, 4) is 0 Å². The normalized spacial score (nSPS) is 21.9. The second-order valence-electron chi connectivity index (χ2n) is 13.9. The standard InChI is InChI=1S/2C21H25N3O3/c2*1-13-14(2)24-10-9-16-18(21(24)22-13)23-17(15-7-5-4-6-8-15)19(25)20(16)27-12-11-26-3/h2*4-10,17,19-20,23,25H,11-12H2,1-3H3/t17-,19-,20+;17-,19-,20-/m11/s1. The number of aromatic nitrogens is 4. The maximum Gasteiger partial charge on any atom is 0.161 e. The number of pyridine rings is 2. The molecular weight excluding hydrogens is 684 g/mol. The van der Waals surface area contributed by atoms with Crippen LogP contribution in [0.2, 0.25) is 0 Å². The van der Waals surface area contributed by atoms with Gasteiger partial charge < -0.3 is 48.6 Å². The Labute approximate surface area is 315 Å². The predicted molar refractivity (Wildman–Crippen MR) is 208 cm³/mol. The second-order valence-corrected chi connectivity index (χ2v) is 13.9. The second kappa shape index (κ2) is 16.3. The molecule has 0 aliphatic carbocycles. The lowest BCUT2D eigenvalue weighted by atomic mass is 9.89. The summed E-state index contributed by atoms with van der Waals surface area (Å²) in [7, 11) is 3.28. The highest BCUT2D eigenvalue weighted by Gasteiger charge is 2.40. The number of methoxy groups -OCH3 is 2. The van der Waals surface area contributed by atoms with E-state index in [0.29, 0.717) is 26.4 Å². The molecule has 6 heterocycles. The molecule has 284 valence electrons. The van der Waals surface area contributed by atoms with E-state index in [4.69, 9.17) is 28.9 Å². The summed E-state index contributed by atoms with van der Waals surface area (Å²) in [5.74, 6) is 0. The van der Waals surface area contributed by atoms with Crippen LogP contribution in [-0.2, 0) is 18.9 Å². The number of hydrogen-bond acceptors (Lipinski definition) is 10. The Bertz CT molecular complexity index is 2030. The molecule has 0 spiro atoms. The number of aryl methyl sites for hydroxylation is 4. The first kappa shape index (κ1) is 37.5. The van der Waals surface area contributed by atoms with Crippen molar-refractivity contribution in [3.05, 3.63) is 130 Å². The molecule has 54 heavy (non-hydrogen) atoms. The van der Waals surface area contributed by atoms with Crippen LogP contribution in [0, 0.1) is 27.7 Å². The SMILES string of the molecule is COCCO[C@@H]1c2ccn3c(C)c(C)nc3c2N[C@H](c2ccccc2)[C@H]1O.COCCO[C@H]1c2ccn3c(C)c(C)nc3c2N[C@H](c2ccccc2)[C@H]1O. The number of benzene rings is 2. The van der Waals surface area contributed by atoms with Crippen LogP contribution in [0.1, 0.15) is 69.3 Å². The lowest BCUT2D eigenvalue weighted by molar-refractivity contribution is -0.0633. The van der Waals surface area contributed by atoms with Crippen molar-refractivity contribution < 1.29 is 29.2 Å². The number of anilines is 2. The summed E-state index contributed by atoms with van der Waals surface area (Å²) >= 11 is 0. The van der Waals surface area contributed by atoms with E-state index in [0.717, 1.165) is 67.7 Å². The van der Waals surface area contributed by atoms with Gasteiger partial charge in [0.1, 0.15) is 24.4 Å². The lowest BCUT2D eigenvalue weighted by Crippen LogP contribution is -2.38. The van der Waals surface area contributed by atoms with Crippen molar-refractivity contribution in [1.82, 2.24) is 18.8 Å². The summed E-state index contributed by atoms with van der Waals surface area (Å²) in [4.78, 5) is 9.50. The third-order valence-corrected chi connectivity index (χ3v) is 10.6. The number of imidazole rings is 2. The first-order valence-corrected chi connectivity index (χ1v) is 18.4.